The van der Waals surface area contributed by atoms with Gasteiger partial charge in [-0.15, -0.1) is 0 Å². The number of ether oxygens (including phenoxy) is 1. The molecule has 0 spiro atoms. The molecule has 1 fully saturated rings. The molecule has 1 saturated heterocycles. The summed E-state index contributed by atoms with van der Waals surface area (Å²) in [6.07, 6.45) is 0.0600. The molecule has 128 valence electrons. The summed E-state index contributed by atoms with van der Waals surface area (Å²) in [6, 6.07) is 5.03. The molecule has 0 saturated carbocycles. The molecule has 0 aromatic heterocycles. The Morgan fingerprint density at radius 1 is 1.29 bits per heavy atom. The minimum atomic E-state index is -0.710. The Hall–Kier alpha value is -2.41. The van der Waals surface area contributed by atoms with Crippen LogP contribution in [0.25, 0.3) is 0 Å². The summed E-state index contributed by atoms with van der Waals surface area (Å²) < 4.78 is 5.30. The van der Waals surface area contributed by atoms with Crippen LogP contribution in [0, 0.1) is 13.8 Å². The van der Waals surface area contributed by atoms with Crippen molar-refractivity contribution in [2.24, 2.45) is 4.99 Å². The zero-order valence-corrected chi connectivity index (χ0v) is 14.0. The minimum Gasteiger partial charge on any atom is -0.378 e. The number of amides is 2. The van der Waals surface area contributed by atoms with Gasteiger partial charge in [0.15, 0.2) is 0 Å². The van der Waals surface area contributed by atoms with Crippen LogP contribution < -0.4 is 10.6 Å². The van der Waals surface area contributed by atoms with Crippen LogP contribution in [0.2, 0.25) is 0 Å². The van der Waals surface area contributed by atoms with Crippen molar-refractivity contribution in [3.05, 3.63) is 29.3 Å². The molecular weight excluding hydrogens is 308 g/mol. The number of rotatable bonds is 2. The summed E-state index contributed by atoms with van der Waals surface area (Å²) in [5, 5.41) is 5.61. The van der Waals surface area contributed by atoms with E-state index in [0.29, 0.717) is 32.3 Å². The molecule has 2 amide bonds. The van der Waals surface area contributed by atoms with E-state index in [1.54, 1.807) is 0 Å². The van der Waals surface area contributed by atoms with Gasteiger partial charge in [0.2, 0.25) is 17.8 Å². The maximum absolute atomic E-state index is 12.5. The Labute approximate surface area is 141 Å². The molecule has 7 heteroatoms. The van der Waals surface area contributed by atoms with Crippen LogP contribution in [0.3, 0.4) is 0 Å². The fourth-order valence-corrected chi connectivity index (χ4v) is 2.71. The average molecular weight is 330 g/mol. The number of carbonyl (C=O) groups excluding carboxylic acids is 2. The number of aliphatic imine (C=N–C) groups is 1. The number of hydrogen-bond donors (Lipinski definition) is 2. The predicted molar refractivity (Wildman–Crippen MR) is 90.9 cm³/mol. The number of guanidine groups is 1. The first-order valence-corrected chi connectivity index (χ1v) is 8.11. The Balaban J connectivity index is 1.72. The number of anilines is 1. The number of benzene rings is 1. The van der Waals surface area contributed by atoms with Crippen molar-refractivity contribution in [3.8, 4) is 0 Å². The van der Waals surface area contributed by atoms with E-state index in [4.69, 9.17) is 4.74 Å². The molecule has 3 rings (SSSR count). The molecule has 2 aliphatic heterocycles. The van der Waals surface area contributed by atoms with Gasteiger partial charge in [-0.3, -0.25) is 14.9 Å². The second kappa shape index (κ2) is 7.00. The van der Waals surface area contributed by atoms with Gasteiger partial charge in [0.05, 0.1) is 19.6 Å². The van der Waals surface area contributed by atoms with Crippen LogP contribution in [0.1, 0.15) is 17.5 Å². The van der Waals surface area contributed by atoms with Crippen LogP contribution in [0.15, 0.2) is 23.2 Å². The van der Waals surface area contributed by atoms with Crippen molar-refractivity contribution in [1.82, 2.24) is 10.2 Å². The second-order valence-corrected chi connectivity index (χ2v) is 6.11. The number of nitrogens with zero attached hydrogens (tertiary/aromatic N) is 2. The molecule has 7 nitrogen and oxygen atoms in total. The van der Waals surface area contributed by atoms with E-state index < -0.39 is 6.04 Å². The van der Waals surface area contributed by atoms with Crippen LogP contribution in [-0.2, 0) is 14.3 Å². The highest BCUT2D eigenvalue weighted by Gasteiger charge is 2.29. The van der Waals surface area contributed by atoms with Crippen molar-refractivity contribution in [1.29, 1.82) is 0 Å². The highest BCUT2D eigenvalue weighted by molar-refractivity contribution is 6.06. The number of morpholine rings is 1. The summed E-state index contributed by atoms with van der Waals surface area (Å²) in [4.78, 5) is 30.8. The zero-order chi connectivity index (χ0) is 17.1. The largest absolute Gasteiger partial charge is 0.378 e. The normalized spacial score (nSPS) is 21.1. The predicted octanol–water partition coefficient (Wildman–Crippen LogP) is 0.819. The lowest BCUT2D eigenvalue weighted by Crippen LogP contribution is -2.53. The van der Waals surface area contributed by atoms with Gasteiger partial charge in [-0.05, 0) is 37.1 Å². The van der Waals surface area contributed by atoms with Gasteiger partial charge in [-0.2, -0.15) is 0 Å². The molecule has 2 aliphatic rings. The summed E-state index contributed by atoms with van der Waals surface area (Å²) in [7, 11) is 0. The molecule has 24 heavy (non-hydrogen) atoms. The molecule has 0 bridgehead atoms. The molecule has 2 heterocycles. The van der Waals surface area contributed by atoms with Crippen molar-refractivity contribution in [3.63, 3.8) is 0 Å². The first-order valence-electron chi connectivity index (χ1n) is 8.11. The SMILES string of the molecule is Cc1ccc(NC(=O)[C@@H]2CC(=O)NC(N3CCOCC3)=N2)cc1C. The lowest BCUT2D eigenvalue weighted by atomic mass is 10.1. The maximum Gasteiger partial charge on any atom is 0.249 e. The van der Waals surface area contributed by atoms with Crippen molar-refractivity contribution in [2.45, 2.75) is 26.3 Å². The number of aryl methyl sites for hydroxylation is 2. The van der Waals surface area contributed by atoms with E-state index in [1.807, 2.05) is 36.9 Å². The standard InChI is InChI=1S/C17H22N4O3/c1-11-3-4-13(9-12(11)2)18-16(23)14-10-15(22)20-17(19-14)21-5-7-24-8-6-21/h3-4,9,14H,5-8,10H2,1-2H3,(H,18,23)(H,19,20,22)/t14-/m0/s1. The zero-order valence-electron chi connectivity index (χ0n) is 14.0. The van der Waals surface area contributed by atoms with E-state index in [0.717, 1.165) is 16.8 Å². The third-order valence-corrected chi connectivity index (χ3v) is 4.30. The van der Waals surface area contributed by atoms with E-state index in [-0.39, 0.29) is 18.2 Å². The maximum atomic E-state index is 12.5. The topological polar surface area (TPSA) is 83.0 Å². The molecule has 1 aromatic carbocycles. The summed E-state index contributed by atoms with van der Waals surface area (Å²) in [5.74, 6) is 0.0142. The van der Waals surface area contributed by atoms with Crippen LogP contribution in [0.5, 0.6) is 0 Å². The van der Waals surface area contributed by atoms with Crippen LogP contribution in [0.4, 0.5) is 5.69 Å². The first-order chi connectivity index (χ1) is 11.5. The molecule has 0 radical (unpaired) electrons. The third-order valence-electron chi connectivity index (χ3n) is 4.30. The average Bonchev–Trinajstić information content (AvgIpc) is 2.58. The third kappa shape index (κ3) is 3.73. The van der Waals surface area contributed by atoms with Gasteiger partial charge in [-0.25, -0.2) is 4.99 Å². The van der Waals surface area contributed by atoms with Crippen molar-refractivity contribution < 1.29 is 14.3 Å². The van der Waals surface area contributed by atoms with Gasteiger partial charge in [0.1, 0.15) is 6.04 Å². The van der Waals surface area contributed by atoms with Crippen molar-refractivity contribution in [2.75, 3.05) is 31.6 Å². The van der Waals surface area contributed by atoms with Gasteiger partial charge in [0.25, 0.3) is 0 Å². The molecule has 0 aliphatic carbocycles. The molecule has 1 atom stereocenters. The quantitative estimate of drug-likeness (QED) is 0.841. The van der Waals surface area contributed by atoms with Crippen LogP contribution in [-0.4, -0.2) is 55.0 Å². The van der Waals surface area contributed by atoms with E-state index in [2.05, 4.69) is 15.6 Å². The van der Waals surface area contributed by atoms with Gasteiger partial charge in [-0.1, -0.05) is 6.07 Å². The first kappa shape index (κ1) is 16.4. The fourth-order valence-electron chi connectivity index (χ4n) is 2.71. The lowest BCUT2D eigenvalue weighted by Gasteiger charge is -2.32. The molecule has 2 N–H and O–H groups in total. The molecular formula is C17H22N4O3. The number of nitrogens with one attached hydrogen (secondary N) is 2. The fraction of sp³-hybridized carbons (Fsp3) is 0.471. The van der Waals surface area contributed by atoms with Crippen LogP contribution >= 0.6 is 0 Å². The Morgan fingerprint density at radius 3 is 2.75 bits per heavy atom. The highest BCUT2D eigenvalue weighted by Crippen LogP contribution is 2.16. The Kier molecular flexibility index (Phi) is 4.80. The van der Waals surface area contributed by atoms with Gasteiger partial charge >= 0.3 is 0 Å². The van der Waals surface area contributed by atoms with Gasteiger partial charge < -0.3 is 15.0 Å². The summed E-state index contributed by atoms with van der Waals surface area (Å²) in [5.41, 5.74) is 2.99. The Morgan fingerprint density at radius 2 is 2.04 bits per heavy atom. The molecule has 0 unspecified atom stereocenters. The van der Waals surface area contributed by atoms with E-state index in [9.17, 15) is 9.59 Å². The summed E-state index contributed by atoms with van der Waals surface area (Å²) in [6.45, 7) is 6.51. The highest BCUT2D eigenvalue weighted by atomic mass is 16.5. The minimum absolute atomic E-state index is 0.0600. The second-order valence-electron chi connectivity index (χ2n) is 6.11. The number of hydrogen-bond acceptors (Lipinski definition) is 5. The van der Waals surface area contributed by atoms with Crippen molar-refractivity contribution >= 4 is 23.5 Å². The Bertz CT molecular complexity index is 680. The lowest BCUT2D eigenvalue weighted by molar-refractivity contribution is -0.125. The summed E-state index contributed by atoms with van der Waals surface area (Å²) >= 11 is 0. The monoisotopic (exact) mass is 330 g/mol. The molecule has 1 aromatic rings. The van der Waals surface area contributed by atoms with E-state index >= 15 is 0 Å². The van der Waals surface area contributed by atoms with E-state index in [1.165, 1.54) is 0 Å². The van der Waals surface area contributed by atoms with Gasteiger partial charge in [0, 0.05) is 18.8 Å². The smallest absolute Gasteiger partial charge is 0.249 e. The number of carbonyl (C=O) groups is 2.